The minimum Gasteiger partial charge on any atom is -0.326 e. The number of rotatable bonds is 3. The smallest absolute Gasteiger partial charge is 0.277 e. The molecule has 0 aliphatic carbocycles. The highest BCUT2D eigenvalue weighted by atomic mass is 19.3. The third kappa shape index (κ3) is 2.70. The summed E-state index contributed by atoms with van der Waals surface area (Å²) in [4.78, 5) is 1.98. The Labute approximate surface area is 107 Å². The number of alkyl halides is 2. The third-order valence-electron chi connectivity index (χ3n) is 3.68. The molecule has 2 nitrogen and oxygen atoms in total. The molecular formula is C14H20F2N2. The van der Waals surface area contributed by atoms with Crippen molar-refractivity contribution in [1.82, 2.24) is 4.90 Å². The topological polar surface area (TPSA) is 29.3 Å². The van der Waals surface area contributed by atoms with Gasteiger partial charge in [-0.1, -0.05) is 18.2 Å². The molecule has 1 atom stereocenters. The highest BCUT2D eigenvalue weighted by molar-refractivity contribution is 5.27. The first-order chi connectivity index (χ1) is 8.54. The number of nitrogens with zero attached hydrogens (tertiary/aromatic N) is 1. The van der Waals surface area contributed by atoms with Crippen LogP contribution in [0.15, 0.2) is 24.3 Å². The molecule has 1 aliphatic heterocycles. The summed E-state index contributed by atoms with van der Waals surface area (Å²) in [6.45, 7) is 1.67. The predicted molar refractivity (Wildman–Crippen MR) is 68.4 cm³/mol. The van der Waals surface area contributed by atoms with Crippen molar-refractivity contribution in [3.63, 3.8) is 0 Å². The van der Waals surface area contributed by atoms with E-state index in [-0.39, 0.29) is 5.56 Å². The summed E-state index contributed by atoms with van der Waals surface area (Å²) < 4.78 is 28.9. The molecule has 1 saturated heterocycles. The van der Waals surface area contributed by atoms with E-state index >= 15 is 0 Å². The first kappa shape index (κ1) is 13.4. The quantitative estimate of drug-likeness (QED) is 0.898. The van der Waals surface area contributed by atoms with E-state index < -0.39 is 11.8 Å². The second-order valence-electron chi connectivity index (χ2n) is 5.13. The van der Waals surface area contributed by atoms with Crippen LogP contribution in [-0.2, 0) is 12.5 Å². The van der Waals surface area contributed by atoms with Crippen molar-refractivity contribution in [3.8, 4) is 0 Å². The van der Waals surface area contributed by atoms with Crippen molar-refractivity contribution in [2.24, 2.45) is 11.7 Å². The van der Waals surface area contributed by atoms with Crippen LogP contribution in [0.2, 0.25) is 0 Å². The van der Waals surface area contributed by atoms with E-state index in [1.807, 2.05) is 11.9 Å². The van der Waals surface area contributed by atoms with E-state index in [2.05, 4.69) is 0 Å². The highest BCUT2D eigenvalue weighted by Crippen LogP contribution is 2.40. The molecule has 2 rings (SSSR count). The standard InChI is InChI=1S/C14H20F2N2/c1-18-7-3-6-13(10-18)14(15,16)12-5-2-4-11(8-12)9-17/h2,4-5,8,13H,3,6-7,9-10,17H2,1H3. The molecule has 0 spiro atoms. The molecule has 0 aromatic heterocycles. The van der Waals surface area contributed by atoms with Gasteiger partial charge in [-0.15, -0.1) is 0 Å². The summed E-state index contributed by atoms with van der Waals surface area (Å²) in [6.07, 6.45) is 1.43. The fourth-order valence-corrected chi connectivity index (χ4v) is 2.60. The van der Waals surface area contributed by atoms with Crippen LogP contribution in [0.1, 0.15) is 24.0 Å². The summed E-state index contributed by atoms with van der Waals surface area (Å²) in [5.41, 5.74) is 6.37. The van der Waals surface area contributed by atoms with Gasteiger partial charge >= 0.3 is 0 Å². The molecule has 2 N–H and O–H groups in total. The summed E-state index contributed by atoms with van der Waals surface area (Å²) in [5, 5.41) is 0. The number of nitrogens with two attached hydrogens (primary N) is 1. The molecule has 1 fully saturated rings. The number of hydrogen-bond donors (Lipinski definition) is 1. The van der Waals surface area contributed by atoms with Crippen LogP contribution in [-0.4, -0.2) is 25.0 Å². The van der Waals surface area contributed by atoms with E-state index in [1.54, 1.807) is 12.1 Å². The van der Waals surface area contributed by atoms with Crippen LogP contribution in [0.4, 0.5) is 8.78 Å². The van der Waals surface area contributed by atoms with E-state index in [9.17, 15) is 8.78 Å². The molecule has 18 heavy (non-hydrogen) atoms. The van der Waals surface area contributed by atoms with Crippen molar-refractivity contribution in [2.45, 2.75) is 25.3 Å². The maximum atomic E-state index is 14.5. The SMILES string of the molecule is CN1CCCC(C(F)(F)c2cccc(CN)c2)C1. The Hall–Kier alpha value is -1.00. The number of hydrogen-bond acceptors (Lipinski definition) is 2. The molecular weight excluding hydrogens is 234 g/mol. The zero-order valence-corrected chi connectivity index (χ0v) is 10.7. The van der Waals surface area contributed by atoms with E-state index in [4.69, 9.17) is 5.73 Å². The lowest BCUT2D eigenvalue weighted by Crippen LogP contribution is -2.40. The van der Waals surface area contributed by atoms with Gasteiger partial charge in [-0.3, -0.25) is 0 Å². The van der Waals surface area contributed by atoms with E-state index in [0.717, 1.165) is 18.5 Å². The molecule has 1 heterocycles. The van der Waals surface area contributed by atoms with Gasteiger partial charge < -0.3 is 10.6 Å². The van der Waals surface area contributed by atoms with Gasteiger partial charge in [-0.25, -0.2) is 8.78 Å². The van der Waals surface area contributed by atoms with Gasteiger partial charge in [0.1, 0.15) is 0 Å². The number of likely N-dealkylation sites (tertiary alicyclic amines) is 1. The van der Waals surface area contributed by atoms with Gasteiger partial charge in [0.05, 0.1) is 0 Å². The Balaban J connectivity index is 2.22. The van der Waals surface area contributed by atoms with Crippen LogP contribution in [0, 0.1) is 5.92 Å². The second kappa shape index (κ2) is 5.33. The lowest BCUT2D eigenvalue weighted by Gasteiger charge is -2.35. The molecule has 0 bridgehead atoms. The van der Waals surface area contributed by atoms with Gasteiger partial charge in [0.2, 0.25) is 0 Å². The van der Waals surface area contributed by atoms with E-state index in [0.29, 0.717) is 19.5 Å². The van der Waals surface area contributed by atoms with Crippen LogP contribution in [0.5, 0.6) is 0 Å². The Bertz CT molecular complexity index is 407. The maximum absolute atomic E-state index is 14.5. The van der Waals surface area contributed by atoms with Crippen molar-refractivity contribution in [1.29, 1.82) is 0 Å². The average Bonchev–Trinajstić information content (AvgIpc) is 2.39. The largest absolute Gasteiger partial charge is 0.326 e. The van der Waals surface area contributed by atoms with Gasteiger partial charge in [-0.05, 0) is 38.1 Å². The van der Waals surface area contributed by atoms with Crippen molar-refractivity contribution in [2.75, 3.05) is 20.1 Å². The Morgan fingerprint density at radius 2 is 2.22 bits per heavy atom. The van der Waals surface area contributed by atoms with Crippen LogP contribution >= 0.6 is 0 Å². The first-order valence-electron chi connectivity index (χ1n) is 6.40. The maximum Gasteiger partial charge on any atom is 0.277 e. The van der Waals surface area contributed by atoms with Crippen LogP contribution in [0.3, 0.4) is 0 Å². The monoisotopic (exact) mass is 254 g/mol. The van der Waals surface area contributed by atoms with Crippen molar-refractivity contribution >= 4 is 0 Å². The zero-order valence-electron chi connectivity index (χ0n) is 10.7. The summed E-state index contributed by atoms with van der Waals surface area (Å²) >= 11 is 0. The van der Waals surface area contributed by atoms with Gasteiger partial charge in [-0.2, -0.15) is 0 Å². The lowest BCUT2D eigenvalue weighted by molar-refractivity contribution is -0.0864. The lowest BCUT2D eigenvalue weighted by atomic mass is 9.87. The molecule has 100 valence electrons. The molecule has 0 radical (unpaired) electrons. The minimum atomic E-state index is -2.76. The summed E-state index contributed by atoms with van der Waals surface area (Å²) in [7, 11) is 1.90. The highest BCUT2D eigenvalue weighted by Gasteiger charge is 2.42. The fourth-order valence-electron chi connectivity index (χ4n) is 2.60. The van der Waals surface area contributed by atoms with Gasteiger partial charge in [0.25, 0.3) is 5.92 Å². The molecule has 1 aromatic rings. The third-order valence-corrected chi connectivity index (χ3v) is 3.68. The molecule has 1 aliphatic rings. The normalized spacial score (nSPS) is 22.1. The molecule has 0 saturated carbocycles. The Morgan fingerprint density at radius 1 is 1.44 bits per heavy atom. The Kier molecular flexibility index (Phi) is 3.97. The second-order valence-corrected chi connectivity index (χ2v) is 5.13. The van der Waals surface area contributed by atoms with Crippen LogP contribution < -0.4 is 5.73 Å². The fraction of sp³-hybridized carbons (Fsp3) is 0.571. The molecule has 1 unspecified atom stereocenters. The van der Waals surface area contributed by atoms with Gasteiger partial charge in [0.15, 0.2) is 0 Å². The Morgan fingerprint density at radius 3 is 2.89 bits per heavy atom. The minimum absolute atomic E-state index is 0.103. The van der Waals surface area contributed by atoms with Crippen LogP contribution in [0.25, 0.3) is 0 Å². The molecule has 1 aromatic carbocycles. The molecule has 0 amide bonds. The first-order valence-corrected chi connectivity index (χ1v) is 6.40. The van der Waals surface area contributed by atoms with E-state index in [1.165, 1.54) is 12.1 Å². The number of piperidine rings is 1. The summed E-state index contributed by atoms with van der Waals surface area (Å²) in [6, 6.07) is 6.49. The number of benzene rings is 1. The van der Waals surface area contributed by atoms with Crippen molar-refractivity contribution < 1.29 is 8.78 Å². The molecule has 4 heteroatoms. The summed E-state index contributed by atoms with van der Waals surface area (Å²) in [5.74, 6) is -3.36. The number of halogens is 2. The zero-order chi connectivity index (χ0) is 13.2. The van der Waals surface area contributed by atoms with Crippen molar-refractivity contribution in [3.05, 3.63) is 35.4 Å². The average molecular weight is 254 g/mol. The van der Waals surface area contributed by atoms with Gasteiger partial charge in [0, 0.05) is 24.6 Å². The predicted octanol–water partition coefficient (Wildman–Crippen LogP) is 2.58.